The molecule has 1 atom stereocenters. The smallest absolute Gasteiger partial charge is 0.126 e. The number of nitrogens with zero attached hydrogens (tertiary/aromatic N) is 1. The molecule has 1 aromatic heterocycles. The highest BCUT2D eigenvalue weighted by molar-refractivity contribution is 5.42. The molecule has 1 aliphatic heterocycles. The van der Waals surface area contributed by atoms with Gasteiger partial charge in [-0.2, -0.15) is 0 Å². The quantitative estimate of drug-likeness (QED) is 0.857. The summed E-state index contributed by atoms with van der Waals surface area (Å²) in [7, 11) is 1.68. The van der Waals surface area contributed by atoms with Gasteiger partial charge in [-0.25, -0.2) is 0 Å². The molecule has 3 rings (SSSR count). The number of benzene rings is 1. The predicted molar refractivity (Wildman–Crippen MR) is 78.4 cm³/mol. The van der Waals surface area contributed by atoms with Crippen LogP contribution in [0.4, 0.5) is 0 Å². The average Bonchev–Trinajstić information content (AvgIpc) is 2.49. The van der Waals surface area contributed by atoms with Gasteiger partial charge in [0.15, 0.2) is 0 Å². The zero-order valence-corrected chi connectivity index (χ0v) is 11.9. The Morgan fingerprint density at radius 2 is 2.25 bits per heavy atom. The summed E-state index contributed by atoms with van der Waals surface area (Å²) >= 11 is 0. The Morgan fingerprint density at radius 3 is 3.05 bits per heavy atom. The first-order chi connectivity index (χ1) is 9.76. The van der Waals surface area contributed by atoms with Crippen molar-refractivity contribution in [3.63, 3.8) is 0 Å². The third-order valence-electron chi connectivity index (χ3n) is 3.91. The zero-order chi connectivity index (χ0) is 13.9. The van der Waals surface area contributed by atoms with Crippen LogP contribution in [-0.2, 0) is 12.8 Å². The monoisotopic (exact) mass is 269 g/mol. The molecular formula is C17H19NO2. The first kappa shape index (κ1) is 13.0. The first-order valence-electron chi connectivity index (χ1n) is 6.95. The van der Waals surface area contributed by atoms with Gasteiger partial charge < -0.3 is 9.47 Å². The molecule has 0 fully saturated rings. The molecule has 0 spiro atoms. The number of aryl methyl sites for hydroxylation is 1. The van der Waals surface area contributed by atoms with Gasteiger partial charge in [-0.15, -0.1) is 0 Å². The summed E-state index contributed by atoms with van der Waals surface area (Å²) in [5.74, 6) is 2.33. The fraction of sp³-hybridized carbons (Fsp3) is 0.353. The topological polar surface area (TPSA) is 31.4 Å². The lowest BCUT2D eigenvalue weighted by Gasteiger charge is -2.26. The van der Waals surface area contributed by atoms with E-state index in [-0.39, 0.29) is 0 Å². The van der Waals surface area contributed by atoms with E-state index in [1.54, 1.807) is 7.11 Å². The van der Waals surface area contributed by atoms with Crippen LogP contribution in [0.5, 0.6) is 11.5 Å². The van der Waals surface area contributed by atoms with Crippen molar-refractivity contribution in [3.8, 4) is 11.5 Å². The van der Waals surface area contributed by atoms with E-state index in [2.05, 4.69) is 24.0 Å². The van der Waals surface area contributed by atoms with E-state index >= 15 is 0 Å². The van der Waals surface area contributed by atoms with Crippen molar-refractivity contribution in [3.05, 3.63) is 53.3 Å². The Balaban J connectivity index is 1.74. The highest BCUT2D eigenvalue weighted by Gasteiger charge is 2.21. The largest absolute Gasteiger partial charge is 0.497 e. The number of methoxy groups -OCH3 is 1. The van der Waals surface area contributed by atoms with E-state index in [1.807, 2.05) is 24.5 Å². The van der Waals surface area contributed by atoms with Crippen LogP contribution in [0.2, 0.25) is 0 Å². The molecule has 0 saturated carbocycles. The average molecular weight is 269 g/mol. The number of hydrogen-bond acceptors (Lipinski definition) is 3. The van der Waals surface area contributed by atoms with Gasteiger partial charge in [-0.1, -0.05) is 6.07 Å². The van der Waals surface area contributed by atoms with E-state index in [4.69, 9.17) is 9.47 Å². The molecule has 20 heavy (non-hydrogen) atoms. The van der Waals surface area contributed by atoms with Crippen LogP contribution in [0.25, 0.3) is 0 Å². The van der Waals surface area contributed by atoms with E-state index in [0.717, 1.165) is 30.9 Å². The number of hydrogen-bond donors (Lipinski definition) is 0. The van der Waals surface area contributed by atoms with Crippen LogP contribution in [0.3, 0.4) is 0 Å². The van der Waals surface area contributed by atoms with E-state index in [1.165, 1.54) is 16.7 Å². The molecule has 1 aromatic carbocycles. The standard InChI is InChI=1S/C17H19NO2/c1-12-5-6-18-10-15(12)8-13-7-14-3-4-16(19-2)9-17(14)20-11-13/h3-6,9-10,13H,7-8,11H2,1-2H3. The van der Waals surface area contributed by atoms with Crippen LogP contribution < -0.4 is 9.47 Å². The minimum absolute atomic E-state index is 0.513. The zero-order valence-electron chi connectivity index (χ0n) is 11.9. The second-order valence-electron chi connectivity index (χ2n) is 5.36. The molecule has 3 nitrogen and oxygen atoms in total. The van der Waals surface area contributed by atoms with Gasteiger partial charge in [0, 0.05) is 24.4 Å². The highest BCUT2D eigenvalue weighted by Crippen LogP contribution is 2.32. The molecule has 0 amide bonds. The summed E-state index contributed by atoms with van der Waals surface area (Å²) in [6.45, 7) is 2.90. The molecule has 2 aromatic rings. The molecule has 3 heteroatoms. The van der Waals surface area contributed by atoms with Crippen molar-refractivity contribution in [1.29, 1.82) is 0 Å². The molecule has 2 heterocycles. The van der Waals surface area contributed by atoms with Crippen LogP contribution in [-0.4, -0.2) is 18.7 Å². The van der Waals surface area contributed by atoms with Gasteiger partial charge >= 0.3 is 0 Å². The third kappa shape index (κ3) is 2.62. The summed E-state index contributed by atoms with van der Waals surface area (Å²) in [5.41, 5.74) is 3.89. The van der Waals surface area contributed by atoms with Crippen LogP contribution >= 0.6 is 0 Å². The van der Waals surface area contributed by atoms with Gasteiger partial charge in [0.1, 0.15) is 11.5 Å². The number of rotatable bonds is 3. The van der Waals surface area contributed by atoms with Crippen molar-refractivity contribution in [2.24, 2.45) is 5.92 Å². The van der Waals surface area contributed by atoms with Crippen molar-refractivity contribution >= 4 is 0 Å². The lowest BCUT2D eigenvalue weighted by Crippen LogP contribution is -2.23. The van der Waals surface area contributed by atoms with Crippen LogP contribution in [0.15, 0.2) is 36.7 Å². The maximum Gasteiger partial charge on any atom is 0.126 e. The number of pyridine rings is 1. The fourth-order valence-electron chi connectivity index (χ4n) is 2.69. The van der Waals surface area contributed by atoms with Crippen LogP contribution in [0.1, 0.15) is 16.7 Å². The van der Waals surface area contributed by atoms with Gasteiger partial charge in [-0.05, 0) is 48.6 Å². The third-order valence-corrected chi connectivity index (χ3v) is 3.91. The number of fused-ring (bicyclic) bond motifs is 1. The normalized spacial score (nSPS) is 17.2. The summed E-state index contributed by atoms with van der Waals surface area (Å²) < 4.78 is 11.1. The Kier molecular flexibility index (Phi) is 3.59. The Bertz CT molecular complexity index is 610. The van der Waals surface area contributed by atoms with Crippen molar-refractivity contribution in [2.45, 2.75) is 19.8 Å². The van der Waals surface area contributed by atoms with E-state index in [9.17, 15) is 0 Å². The molecule has 0 bridgehead atoms. The Hall–Kier alpha value is -2.03. The summed E-state index contributed by atoms with van der Waals surface area (Å²) in [4.78, 5) is 4.22. The van der Waals surface area contributed by atoms with Crippen molar-refractivity contribution in [2.75, 3.05) is 13.7 Å². The van der Waals surface area contributed by atoms with Gasteiger partial charge in [-0.3, -0.25) is 4.98 Å². The maximum absolute atomic E-state index is 5.89. The van der Waals surface area contributed by atoms with Crippen LogP contribution in [0, 0.1) is 12.8 Å². The van der Waals surface area contributed by atoms with E-state index in [0.29, 0.717) is 5.92 Å². The summed E-state index contributed by atoms with van der Waals surface area (Å²) in [6, 6.07) is 8.15. The Morgan fingerprint density at radius 1 is 1.35 bits per heavy atom. The lowest BCUT2D eigenvalue weighted by atomic mass is 9.90. The molecular weight excluding hydrogens is 250 g/mol. The minimum Gasteiger partial charge on any atom is -0.497 e. The predicted octanol–water partition coefficient (Wildman–Crippen LogP) is 3.19. The lowest BCUT2D eigenvalue weighted by molar-refractivity contribution is 0.220. The highest BCUT2D eigenvalue weighted by atomic mass is 16.5. The van der Waals surface area contributed by atoms with Crippen molar-refractivity contribution in [1.82, 2.24) is 4.98 Å². The fourth-order valence-corrected chi connectivity index (χ4v) is 2.69. The SMILES string of the molecule is COc1ccc2c(c1)OCC(Cc1cnccc1C)C2. The van der Waals surface area contributed by atoms with Gasteiger partial charge in [0.2, 0.25) is 0 Å². The molecule has 0 N–H and O–H groups in total. The number of aromatic nitrogens is 1. The van der Waals surface area contributed by atoms with Crippen molar-refractivity contribution < 1.29 is 9.47 Å². The van der Waals surface area contributed by atoms with Gasteiger partial charge in [0.05, 0.1) is 13.7 Å². The molecule has 0 saturated heterocycles. The molecule has 0 radical (unpaired) electrons. The number of ether oxygens (including phenoxy) is 2. The maximum atomic E-state index is 5.89. The summed E-state index contributed by atoms with van der Waals surface area (Å²) in [5, 5.41) is 0. The Labute approximate surface area is 119 Å². The second kappa shape index (κ2) is 5.53. The molecule has 1 unspecified atom stereocenters. The van der Waals surface area contributed by atoms with E-state index < -0.39 is 0 Å². The van der Waals surface area contributed by atoms with Gasteiger partial charge in [0.25, 0.3) is 0 Å². The summed E-state index contributed by atoms with van der Waals surface area (Å²) in [6.07, 6.45) is 5.88. The molecule has 0 aliphatic carbocycles. The molecule has 104 valence electrons. The minimum atomic E-state index is 0.513. The molecule has 1 aliphatic rings. The first-order valence-corrected chi connectivity index (χ1v) is 6.95. The second-order valence-corrected chi connectivity index (χ2v) is 5.36.